The number of esters is 1. The van der Waals surface area contributed by atoms with Crippen LogP contribution in [0.15, 0.2) is 48.7 Å². The van der Waals surface area contributed by atoms with Gasteiger partial charge in [-0.15, -0.1) is 11.3 Å². The van der Waals surface area contributed by atoms with Crippen LogP contribution in [0.25, 0.3) is 10.4 Å². The molecule has 0 unspecified atom stereocenters. The van der Waals surface area contributed by atoms with Gasteiger partial charge in [0.25, 0.3) is 5.69 Å². The molecule has 12 heteroatoms. The van der Waals surface area contributed by atoms with E-state index in [0.29, 0.717) is 5.56 Å². The van der Waals surface area contributed by atoms with Crippen LogP contribution in [0.1, 0.15) is 45.1 Å². The first-order valence-electron chi connectivity index (χ1n) is 13.3. The molecule has 0 radical (unpaired) electrons. The van der Waals surface area contributed by atoms with Crippen molar-refractivity contribution in [1.29, 1.82) is 0 Å². The number of fused-ring (bicyclic) bond motifs is 2. The summed E-state index contributed by atoms with van der Waals surface area (Å²) in [4.78, 5) is 45.4. The molecule has 10 nitrogen and oxygen atoms in total. The zero-order chi connectivity index (χ0) is 29.1. The van der Waals surface area contributed by atoms with Gasteiger partial charge in [-0.3, -0.25) is 19.3 Å². The molecule has 1 fully saturated rings. The monoisotopic (exact) mass is 582 g/mol. The maximum Gasteiger partial charge on any atom is 0.355 e. The summed E-state index contributed by atoms with van der Waals surface area (Å²) in [6.45, 7) is 14.8. The number of non-ortho nitro benzene ring substituents is 1. The fourth-order valence-electron chi connectivity index (χ4n) is 5.37. The molecular formula is C28H34N4O6SSi. The van der Waals surface area contributed by atoms with E-state index in [1.807, 2.05) is 17.5 Å². The van der Waals surface area contributed by atoms with E-state index < -0.39 is 19.2 Å². The fraction of sp³-hybridized carbons (Fsp3) is 0.464. The third-order valence-corrected chi connectivity index (χ3v) is 14.2. The minimum atomic E-state index is -2.13. The number of aromatic nitrogens is 2. The molecular weight excluding hydrogens is 548 g/mol. The summed E-state index contributed by atoms with van der Waals surface area (Å²) < 4.78 is 14.2. The number of nitrogens with zero attached hydrogens (tertiary/aromatic N) is 4. The Kier molecular flexibility index (Phi) is 7.00. The number of hydrogen-bond acceptors (Lipinski definition) is 8. The topological polar surface area (TPSA) is 116 Å². The molecule has 212 valence electrons. The van der Waals surface area contributed by atoms with Gasteiger partial charge in [0.1, 0.15) is 17.1 Å². The minimum Gasteiger partial charge on any atom is -0.456 e. The van der Waals surface area contributed by atoms with E-state index in [2.05, 4.69) is 45.8 Å². The highest BCUT2D eigenvalue weighted by atomic mass is 32.1. The molecule has 0 N–H and O–H groups in total. The lowest BCUT2D eigenvalue weighted by atomic mass is 9.77. The largest absolute Gasteiger partial charge is 0.456 e. The normalized spacial score (nSPS) is 21.9. The van der Waals surface area contributed by atoms with Crippen LogP contribution in [0.2, 0.25) is 18.1 Å². The molecule has 0 saturated carbocycles. The van der Waals surface area contributed by atoms with Gasteiger partial charge >= 0.3 is 5.97 Å². The Morgan fingerprint density at radius 3 is 2.52 bits per heavy atom. The summed E-state index contributed by atoms with van der Waals surface area (Å²) in [6.07, 6.45) is 5.11. The molecule has 0 spiro atoms. The molecule has 1 aromatic carbocycles. The summed E-state index contributed by atoms with van der Waals surface area (Å²) >= 11 is 1.51. The van der Waals surface area contributed by atoms with Crippen LogP contribution in [0.5, 0.6) is 0 Å². The quantitative estimate of drug-likeness (QED) is 0.111. The van der Waals surface area contributed by atoms with Crippen molar-refractivity contribution in [3.05, 3.63) is 69.2 Å². The van der Waals surface area contributed by atoms with E-state index in [1.165, 1.54) is 23.5 Å². The molecule has 40 heavy (non-hydrogen) atoms. The Labute approximate surface area is 237 Å². The second-order valence-electron chi connectivity index (χ2n) is 12.1. The van der Waals surface area contributed by atoms with E-state index in [1.54, 1.807) is 29.6 Å². The Morgan fingerprint density at radius 1 is 1.25 bits per heavy atom. The molecule has 2 aliphatic rings. The predicted octanol–water partition coefficient (Wildman–Crippen LogP) is 5.65. The number of carbonyl (C=O) groups excluding carboxylic acids is 2. The summed E-state index contributed by atoms with van der Waals surface area (Å²) in [5, 5.41) is 11.0. The molecule has 0 bridgehead atoms. The highest BCUT2D eigenvalue weighted by Gasteiger charge is 2.61. The first-order chi connectivity index (χ1) is 18.7. The zero-order valence-electron chi connectivity index (χ0n) is 23.7. The van der Waals surface area contributed by atoms with Gasteiger partial charge in [-0.1, -0.05) is 27.7 Å². The Bertz CT molecular complexity index is 1490. The number of thiazole rings is 1. The van der Waals surface area contributed by atoms with Crippen molar-refractivity contribution in [1.82, 2.24) is 14.3 Å². The second kappa shape index (κ2) is 9.93. The van der Waals surface area contributed by atoms with Gasteiger partial charge in [0.15, 0.2) is 8.32 Å². The molecule has 3 aromatic rings. The minimum absolute atomic E-state index is 0.00190. The number of nitro benzene ring substituents is 1. The second-order valence-corrected chi connectivity index (χ2v) is 17.9. The third kappa shape index (κ3) is 4.67. The molecule has 1 amide bonds. The fourth-order valence-corrected chi connectivity index (χ4v) is 7.91. The molecule has 2 aliphatic heterocycles. The van der Waals surface area contributed by atoms with Crippen molar-refractivity contribution in [2.75, 3.05) is 0 Å². The summed E-state index contributed by atoms with van der Waals surface area (Å²) in [5.74, 6) is -1.22. The van der Waals surface area contributed by atoms with Crippen LogP contribution < -0.4 is 0 Å². The molecule has 4 atom stereocenters. The summed E-state index contributed by atoms with van der Waals surface area (Å²) in [7, 11) is -2.13. The molecule has 4 heterocycles. The number of imidazole rings is 1. The highest BCUT2D eigenvalue weighted by molar-refractivity contribution is 7.18. The van der Waals surface area contributed by atoms with Crippen molar-refractivity contribution < 1.29 is 23.7 Å². The van der Waals surface area contributed by atoms with Crippen LogP contribution in [-0.4, -0.2) is 51.5 Å². The maximum atomic E-state index is 13.7. The van der Waals surface area contributed by atoms with E-state index >= 15 is 0 Å². The Hall–Kier alpha value is -3.35. The van der Waals surface area contributed by atoms with E-state index in [0.717, 1.165) is 15.3 Å². The number of nitro groups is 1. The van der Waals surface area contributed by atoms with Crippen LogP contribution >= 0.6 is 11.3 Å². The summed E-state index contributed by atoms with van der Waals surface area (Å²) in [5.41, 5.74) is 1.62. The van der Waals surface area contributed by atoms with Gasteiger partial charge in [-0.25, -0.2) is 9.78 Å². The number of ether oxygens (including phenoxy) is 1. The van der Waals surface area contributed by atoms with E-state index in [-0.39, 0.29) is 52.9 Å². The highest BCUT2D eigenvalue weighted by Crippen LogP contribution is 2.53. The van der Waals surface area contributed by atoms with Crippen molar-refractivity contribution in [3.8, 4) is 0 Å². The maximum absolute atomic E-state index is 13.7. The number of carbonyl (C=O) groups is 2. The number of benzene rings is 1. The first kappa shape index (κ1) is 28.2. The third-order valence-electron chi connectivity index (χ3n) is 8.52. The van der Waals surface area contributed by atoms with Crippen molar-refractivity contribution in [3.63, 3.8) is 0 Å². The predicted molar refractivity (Wildman–Crippen MR) is 154 cm³/mol. The average Bonchev–Trinajstić information content (AvgIpc) is 3.52. The van der Waals surface area contributed by atoms with Crippen LogP contribution in [0.4, 0.5) is 5.69 Å². The van der Waals surface area contributed by atoms with Crippen LogP contribution in [0.3, 0.4) is 0 Å². The van der Waals surface area contributed by atoms with Gasteiger partial charge in [0.05, 0.1) is 40.4 Å². The molecule has 5 rings (SSSR count). The van der Waals surface area contributed by atoms with Crippen molar-refractivity contribution >= 4 is 47.6 Å². The lowest BCUT2D eigenvalue weighted by Gasteiger charge is -2.50. The van der Waals surface area contributed by atoms with Gasteiger partial charge in [-0.05, 0) is 42.8 Å². The average molecular weight is 583 g/mol. The zero-order valence-corrected chi connectivity index (χ0v) is 25.5. The van der Waals surface area contributed by atoms with Crippen molar-refractivity contribution in [2.45, 2.75) is 71.5 Å². The van der Waals surface area contributed by atoms with Gasteiger partial charge < -0.3 is 14.1 Å². The molecule has 1 saturated heterocycles. The smallest absolute Gasteiger partial charge is 0.355 e. The van der Waals surface area contributed by atoms with Gasteiger partial charge in [0, 0.05) is 29.8 Å². The Balaban J connectivity index is 1.44. The van der Waals surface area contributed by atoms with Crippen LogP contribution in [-0.2, 0) is 25.4 Å². The standard InChI is InChI=1S/C28H34N4O6SSi/c1-16-22(20-13-30-15-29-12-21(30)39-20)25(27(34)37-14-18-8-10-19(11-9-18)32(35)36)31-24(16)23(26(31)33)17(2)38-40(6,7)28(3,4)5/h8-13,15-17,23-24H,14H2,1-7H3/t16-,17+,23+,24+/m0/s1. The lowest BCUT2D eigenvalue weighted by Crippen LogP contribution is -2.65. The number of rotatable bonds is 8. The SMILES string of the molecule is C[C@@H](O[Si](C)(C)C(C)(C)C)[C@H]1C(=O)N2C(C(=O)OCc3ccc([N+](=O)[O-])cc3)=C(c3cn4cncc4s3)[C@H](C)[C@H]12. The lowest BCUT2D eigenvalue weighted by molar-refractivity contribution is -0.384. The Morgan fingerprint density at radius 2 is 1.93 bits per heavy atom. The molecule has 2 aromatic heterocycles. The first-order valence-corrected chi connectivity index (χ1v) is 17.0. The van der Waals surface area contributed by atoms with E-state index in [4.69, 9.17) is 9.16 Å². The summed E-state index contributed by atoms with van der Waals surface area (Å²) in [6, 6.07) is 5.64. The number of amides is 1. The van der Waals surface area contributed by atoms with Gasteiger partial charge in [0.2, 0.25) is 5.91 Å². The van der Waals surface area contributed by atoms with Crippen LogP contribution in [0, 0.1) is 22.0 Å². The number of β-lactam (4-membered cyclic amide) rings is 1. The van der Waals surface area contributed by atoms with E-state index in [9.17, 15) is 19.7 Å². The van der Waals surface area contributed by atoms with Crippen molar-refractivity contribution in [2.24, 2.45) is 11.8 Å². The van der Waals surface area contributed by atoms with Gasteiger partial charge in [-0.2, -0.15) is 0 Å². The molecule has 0 aliphatic carbocycles. The number of hydrogen-bond donors (Lipinski definition) is 0.